The monoisotopic (exact) mass is 326 g/mol. The summed E-state index contributed by atoms with van der Waals surface area (Å²) < 4.78 is 6.48. The maximum absolute atomic E-state index is 6.48. The van der Waals surface area contributed by atoms with Gasteiger partial charge in [-0.25, -0.2) is 0 Å². The molecule has 0 aliphatic heterocycles. The van der Waals surface area contributed by atoms with E-state index < -0.39 is 0 Å². The van der Waals surface area contributed by atoms with Gasteiger partial charge >= 0.3 is 0 Å². The molecule has 0 radical (unpaired) electrons. The molecule has 23 heavy (non-hydrogen) atoms. The lowest BCUT2D eigenvalue weighted by Gasteiger charge is -2.36. The summed E-state index contributed by atoms with van der Waals surface area (Å²) in [5, 5.41) is 0. The van der Waals surface area contributed by atoms with Crippen molar-refractivity contribution in [2.45, 2.75) is 143 Å². The average molecular weight is 327 g/mol. The summed E-state index contributed by atoms with van der Waals surface area (Å²) >= 11 is 0. The fourth-order valence-electron chi connectivity index (χ4n) is 3.51. The van der Waals surface area contributed by atoms with Gasteiger partial charge < -0.3 is 4.74 Å². The molecule has 0 N–H and O–H groups in total. The lowest BCUT2D eigenvalue weighted by atomic mass is 9.95. The lowest BCUT2D eigenvalue weighted by Crippen LogP contribution is -2.37. The van der Waals surface area contributed by atoms with Crippen LogP contribution in [0.2, 0.25) is 0 Å². The van der Waals surface area contributed by atoms with Gasteiger partial charge in [0.25, 0.3) is 0 Å². The lowest BCUT2D eigenvalue weighted by molar-refractivity contribution is -0.130. The minimum atomic E-state index is 0.0243. The van der Waals surface area contributed by atoms with E-state index in [1.54, 1.807) is 0 Å². The second-order valence-corrected chi connectivity index (χ2v) is 8.66. The Morgan fingerprint density at radius 2 is 0.783 bits per heavy atom. The average Bonchev–Trinajstić information content (AvgIpc) is 2.45. The van der Waals surface area contributed by atoms with Crippen LogP contribution in [0.4, 0.5) is 0 Å². The number of hydrogen-bond acceptors (Lipinski definition) is 1. The molecule has 0 aromatic heterocycles. The van der Waals surface area contributed by atoms with Crippen LogP contribution in [0.1, 0.15) is 131 Å². The standard InChI is InChI=1S/C22H46O/c1-7-9-11-13-15-17-19-21(3,4)23-22(5,6)20-18-16-14-12-10-8-2/h7-20H2,1-6H3. The summed E-state index contributed by atoms with van der Waals surface area (Å²) in [5.41, 5.74) is 0.0485. The molecule has 0 unspecified atom stereocenters. The van der Waals surface area contributed by atoms with Crippen LogP contribution in [0.5, 0.6) is 0 Å². The third-order valence-corrected chi connectivity index (χ3v) is 4.82. The van der Waals surface area contributed by atoms with Crippen molar-refractivity contribution in [3.05, 3.63) is 0 Å². The molecule has 0 bridgehead atoms. The van der Waals surface area contributed by atoms with Gasteiger partial charge in [-0.05, 0) is 40.5 Å². The maximum Gasteiger partial charge on any atom is 0.0633 e. The summed E-state index contributed by atoms with van der Waals surface area (Å²) in [5.74, 6) is 0. The second-order valence-electron chi connectivity index (χ2n) is 8.66. The maximum atomic E-state index is 6.48. The molecule has 0 aliphatic rings. The van der Waals surface area contributed by atoms with Gasteiger partial charge in [0, 0.05) is 0 Å². The zero-order valence-corrected chi connectivity index (χ0v) is 17.3. The Hall–Kier alpha value is -0.0400. The number of unbranched alkanes of at least 4 members (excludes halogenated alkanes) is 10. The van der Waals surface area contributed by atoms with Crippen molar-refractivity contribution >= 4 is 0 Å². The van der Waals surface area contributed by atoms with Crippen LogP contribution in [0.3, 0.4) is 0 Å². The highest BCUT2D eigenvalue weighted by Crippen LogP contribution is 2.29. The van der Waals surface area contributed by atoms with E-state index >= 15 is 0 Å². The Morgan fingerprint density at radius 1 is 0.478 bits per heavy atom. The van der Waals surface area contributed by atoms with Crippen molar-refractivity contribution < 1.29 is 4.74 Å². The van der Waals surface area contributed by atoms with E-state index in [2.05, 4.69) is 41.5 Å². The van der Waals surface area contributed by atoms with Gasteiger partial charge in [0.1, 0.15) is 0 Å². The first kappa shape index (κ1) is 23.0. The summed E-state index contributed by atoms with van der Waals surface area (Å²) in [7, 11) is 0. The van der Waals surface area contributed by atoms with Crippen LogP contribution < -0.4 is 0 Å². The van der Waals surface area contributed by atoms with Gasteiger partial charge in [-0.1, -0.05) is 90.9 Å². The van der Waals surface area contributed by atoms with Gasteiger partial charge in [-0.3, -0.25) is 0 Å². The van der Waals surface area contributed by atoms with Crippen molar-refractivity contribution in [1.82, 2.24) is 0 Å². The molecular formula is C22H46O. The molecule has 0 spiro atoms. The number of hydrogen-bond donors (Lipinski definition) is 0. The number of rotatable bonds is 16. The quantitative estimate of drug-likeness (QED) is 0.261. The molecule has 0 aliphatic carbocycles. The minimum absolute atomic E-state index is 0.0243. The van der Waals surface area contributed by atoms with Gasteiger partial charge in [0.2, 0.25) is 0 Å². The second kappa shape index (κ2) is 13.3. The van der Waals surface area contributed by atoms with E-state index in [-0.39, 0.29) is 11.2 Å². The Bertz CT molecular complexity index is 229. The van der Waals surface area contributed by atoms with Gasteiger partial charge in [0.05, 0.1) is 11.2 Å². The van der Waals surface area contributed by atoms with E-state index in [0.717, 1.165) is 0 Å². The smallest absolute Gasteiger partial charge is 0.0633 e. The Balaban J connectivity index is 3.82. The fourth-order valence-corrected chi connectivity index (χ4v) is 3.51. The van der Waals surface area contributed by atoms with Crippen molar-refractivity contribution in [2.24, 2.45) is 0 Å². The van der Waals surface area contributed by atoms with E-state index in [1.807, 2.05) is 0 Å². The van der Waals surface area contributed by atoms with Crippen molar-refractivity contribution in [3.8, 4) is 0 Å². The van der Waals surface area contributed by atoms with Gasteiger partial charge in [0.15, 0.2) is 0 Å². The summed E-state index contributed by atoms with van der Waals surface area (Å²) in [6.07, 6.45) is 18.8. The van der Waals surface area contributed by atoms with Crippen LogP contribution in [0.25, 0.3) is 0 Å². The Labute approximate surface area is 148 Å². The molecule has 0 saturated heterocycles. The van der Waals surface area contributed by atoms with Crippen LogP contribution >= 0.6 is 0 Å². The molecular weight excluding hydrogens is 280 g/mol. The molecule has 0 saturated carbocycles. The highest BCUT2D eigenvalue weighted by molar-refractivity contribution is 4.77. The third-order valence-electron chi connectivity index (χ3n) is 4.82. The van der Waals surface area contributed by atoms with Crippen molar-refractivity contribution in [2.75, 3.05) is 0 Å². The van der Waals surface area contributed by atoms with Crippen molar-refractivity contribution in [3.63, 3.8) is 0 Å². The molecule has 0 rings (SSSR count). The molecule has 0 atom stereocenters. The van der Waals surface area contributed by atoms with Crippen molar-refractivity contribution in [1.29, 1.82) is 0 Å². The Morgan fingerprint density at radius 3 is 1.13 bits per heavy atom. The first-order valence-electron chi connectivity index (χ1n) is 10.5. The fraction of sp³-hybridized carbons (Fsp3) is 1.00. The van der Waals surface area contributed by atoms with E-state index in [0.29, 0.717) is 0 Å². The highest BCUT2D eigenvalue weighted by atomic mass is 16.5. The molecule has 0 aromatic carbocycles. The predicted molar refractivity (Wildman–Crippen MR) is 105 cm³/mol. The molecule has 0 fully saturated rings. The van der Waals surface area contributed by atoms with E-state index in [9.17, 15) is 0 Å². The first-order valence-corrected chi connectivity index (χ1v) is 10.5. The molecule has 0 amide bonds. The van der Waals surface area contributed by atoms with Crippen LogP contribution in [0.15, 0.2) is 0 Å². The SMILES string of the molecule is CCCCCCCCC(C)(C)OC(C)(C)CCCCCCCC. The summed E-state index contributed by atoms with van der Waals surface area (Å²) in [6.45, 7) is 13.7. The van der Waals surface area contributed by atoms with Crippen LogP contribution in [0, 0.1) is 0 Å². The molecule has 0 aromatic rings. The first-order chi connectivity index (χ1) is 10.8. The molecule has 1 nitrogen and oxygen atoms in total. The summed E-state index contributed by atoms with van der Waals surface area (Å²) in [4.78, 5) is 0. The summed E-state index contributed by atoms with van der Waals surface area (Å²) in [6, 6.07) is 0. The highest BCUT2D eigenvalue weighted by Gasteiger charge is 2.28. The topological polar surface area (TPSA) is 9.23 Å². The van der Waals surface area contributed by atoms with Gasteiger partial charge in [-0.2, -0.15) is 0 Å². The zero-order valence-electron chi connectivity index (χ0n) is 17.3. The third kappa shape index (κ3) is 15.2. The molecule has 0 heterocycles. The molecule has 140 valence electrons. The largest absolute Gasteiger partial charge is 0.370 e. The molecule has 1 heteroatoms. The normalized spacial score (nSPS) is 12.8. The predicted octanol–water partition coefficient (Wildman–Crippen LogP) is 8.06. The van der Waals surface area contributed by atoms with E-state index in [1.165, 1.54) is 89.9 Å². The Kier molecular flexibility index (Phi) is 13.3. The minimum Gasteiger partial charge on any atom is -0.370 e. The van der Waals surface area contributed by atoms with Crippen LogP contribution in [-0.2, 0) is 4.74 Å². The van der Waals surface area contributed by atoms with Crippen LogP contribution in [-0.4, -0.2) is 11.2 Å². The number of ether oxygens (including phenoxy) is 1. The van der Waals surface area contributed by atoms with Gasteiger partial charge in [-0.15, -0.1) is 0 Å². The zero-order chi connectivity index (χ0) is 17.6. The van der Waals surface area contributed by atoms with E-state index in [4.69, 9.17) is 4.74 Å².